The molecule has 0 aliphatic heterocycles. The van der Waals surface area contributed by atoms with E-state index < -0.39 is 0 Å². The van der Waals surface area contributed by atoms with Gasteiger partial charge in [0.05, 0.1) is 11.4 Å². The van der Waals surface area contributed by atoms with Crippen molar-refractivity contribution >= 4 is 0 Å². The molecule has 34 heavy (non-hydrogen) atoms. The Bertz CT molecular complexity index is 1330. The number of hydrogen-bond donors (Lipinski definition) is 2. The Morgan fingerprint density at radius 3 is 1.74 bits per heavy atom. The van der Waals surface area contributed by atoms with Gasteiger partial charge >= 0.3 is 0 Å². The van der Waals surface area contributed by atoms with Gasteiger partial charge in [0.15, 0.2) is 0 Å². The third-order valence-corrected chi connectivity index (χ3v) is 6.14. The molecule has 2 heterocycles. The van der Waals surface area contributed by atoms with Crippen molar-refractivity contribution in [2.24, 2.45) is 0 Å². The molecule has 0 unspecified atom stereocenters. The molecule has 0 spiro atoms. The minimum atomic E-state index is -0.107. The summed E-state index contributed by atoms with van der Waals surface area (Å²) in [5.74, 6) is 0.338. The third kappa shape index (κ3) is 4.54. The van der Waals surface area contributed by atoms with Gasteiger partial charge < -0.3 is 10.2 Å². The van der Waals surface area contributed by atoms with E-state index in [-0.39, 0.29) is 22.3 Å². The molecule has 4 rings (SSSR count). The predicted octanol–water partition coefficient (Wildman–Crippen LogP) is 7.48. The first kappa shape index (κ1) is 23.5. The summed E-state index contributed by atoms with van der Waals surface area (Å²) in [7, 11) is 0. The largest absolute Gasteiger partial charge is 0.507 e. The van der Waals surface area contributed by atoms with Crippen LogP contribution in [-0.4, -0.2) is 20.2 Å². The molecule has 4 aromatic rings. The van der Waals surface area contributed by atoms with E-state index >= 15 is 0 Å². The van der Waals surface area contributed by atoms with Gasteiger partial charge in [-0.3, -0.25) is 9.97 Å². The van der Waals surface area contributed by atoms with Crippen LogP contribution < -0.4 is 0 Å². The quantitative estimate of drug-likeness (QED) is 0.338. The zero-order valence-electron chi connectivity index (χ0n) is 20.7. The summed E-state index contributed by atoms with van der Waals surface area (Å²) in [4.78, 5) is 9.23. The van der Waals surface area contributed by atoms with Crippen LogP contribution in [0.2, 0.25) is 0 Å². The fourth-order valence-corrected chi connectivity index (χ4v) is 4.08. The summed E-state index contributed by atoms with van der Waals surface area (Å²) in [6.45, 7) is 12.9. The topological polar surface area (TPSA) is 66.2 Å². The Labute approximate surface area is 202 Å². The molecular weight excluding hydrogens is 420 g/mol. The number of phenolic OH excluding ortho intramolecular Hbond substituents is 2. The second-order valence-electron chi connectivity index (χ2n) is 10.8. The van der Waals surface area contributed by atoms with Gasteiger partial charge in [-0.15, -0.1) is 0 Å². The number of rotatable bonds is 3. The highest BCUT2D eigenvalue weighted by Gasteiger charge is 2.24. The Hall–Kier alpha value is -3.66. The number of benzene rings is 2. The number of phenols is 2. The molecule has 2 N–H and O–H groups in total. The van der Waals surface area contributed by atoms with Crippen LogP contribution in [0.1, 0.15) is 52.7 Å². The van der Waals surface area contributed by atoms with E-state index in [1.54, 1.807) is 24.5 Å². The van der Waals surface area contributed by atoms with Gasteiger partial charge in [-0.25, -0.2) is 0 Å². The van der Waals surface area contributed by atoms with Gasteiger partial charge in [0.1, 0.15) is 11.5 Å². The first-order valence-electron chi connectivity index (χ1n) is 11.5. The van der Waals surface area contributed by atoms with Crippen molar-refractivity contribution in [3.63, 3.8) is 0 Å². The highest BCUT2D eigenvalue weighted by Crippen LogP contribution is 2.46. The molecule has 0 bridgehead atoms. The van der Waals surface area contributed by atoms with Gasteiger partial charge in [0, 0.05) is 29.1 Å². The minimum absolute atomic E-state index is 0.0895. The standard InChI is InChI=1S/C30H32N2O2/c1-29(2,3)19-10-12-25(33)22(17-19)21-14-16-32-28(24-9-7-8-15-31-24)27(21)23-18-20(30(4,5)6)11-13-26(23)34/h7-18,33-34H,1-6H3. The van der Waals surface area contributed by atoms with Crippen LogP contribution >= 0.6 is 0 Å². The monoisotopic (exact) mass is 452 g/mol. The molecule has 0 aliphatic carbocycles. The number of aromatic nitrogens is 2. The summed E-state index contributed by atoms with van der Waals surface area (Å²) in [6.07, 6.45) is 3.47. The normalized spacial score (nSPS) is 12.1. The Morgan fingerprint density at radius 1 is 0.588 bits per heavy atom. The minimum Gasteiger partial charge on any atom is -0.507 e. The van der Waals surface area contributed by atoms with Crippen molar-refractivity contribution in [2.45, 2.75) is 52.4 Å². The summed E-state index contributed by atoms with van der Waals surface area (Å²) in [5.41, 5.74) is 6.25. The van der Waals surface area contributed by atoms with Crippen molar-refractivity contribution < 1.29 is 10.2 Å². The predicted molar refractivity (Wildman–Crippen MR) is 139 cm³/mol. The van der Waals surface area contributed by atoms with E-state index in [1.165, 1.54) is 0 Å². The molecule has 2 aromatic heterocycles. The lowest BCUT2D eigenvalue weighted by molar-refractivity contribution is 0.474. The fourth-order valence-electron chi connectivity index (χ4n) is 4.08. The van der Waals surface area contributed by atoms with Crippen LogP contribution in [0.15, 0.2) is 73.1 Å². The molecule has 2 aromatic carbocycles. The number of pyridine rings is 2. The molecule has 0 radical (unpaired) electrons. The first-order valence-corrected chi connectivity index (χ1v) is 11.5. The maximum atomic E-state index is 11.0. The van der Waals surface area contributed by atoms with Crippen molar-refractivity contribution in [1.82, 2.24) is 9.97 Å². The number of nitrogens with zero attached hydrogens (tertiary/aromatic N) is 2. The van der Waals surface area contributed by atoms with Gasteiger partial charge in [0.25, 0.3) is 0 Å². The zero-order valence-corrected chi connectivity index (χ0v) is 20.7. The Kier molecular flexibility index (Phi) is 5.94. The molecule has 0 saturated carbocycles. The summed E-state index contributed by atoms with van der Waals surface area (Å²) < 4.78 is 0. The molecule has 0 amide bonds. The lowest BCUT2D eigenvalue weighted by Crippen LogP contribution is -2.11. The lowest BCUT2D eigenvalue weighted by atomic mass is 9.82. The van der Waals surface area contributed by atoms with Crippen LogP contribution in [0, 0.1) is 0 Å². The van der Waals surface area contributed by atoms with Crippen LogP contribution in [-0.2, 0) is 10.8 Å². The molecule has 0 fully saturated rings. The first-order chi connectivity index (χ1) is 16.0. The van der Waals surface area contributed by atoms with Gasteiger partial charge in [-0.1, -0.05) is 59.7 Å². The maximum Gasteiger partial charge on any atom is 0.123 e. The van der Waals surface area contributed by atoms with Crippen LogP contribution in [0.3, 0.4) is 0 Å². The van der Waals surface area contributed by atoms with E-state index in [4.69, 9.17) is 4.98 Å². The molecule has 0 aliphatic rings. The van der Waals surface area contributed by atoms with Gasteiger partial charge in [-0.2, -0.15) is 0 Å². The zero-order chi connectivity index (χ0) is 24.7. The smallest absolute Gasteiger partial charge is 0.123 e. The highest BCUT2D eigenvalue weighted by molar-refractivity contribution is 5.95. The van der Waals surface area contributed by atoms with Crippen LogP contribution in [0.5, 0.6) is 11.5 Å². The van der Waals surface area contributed by atoms with Crippen molar-refractivity contribution in [3.8, 4) is 45.1 Å². The molecule has 4 nitrogen and oxygen atoms in total. The van der Waals surface area contributed by atoms with E-state index in [2.05, 4.69) is 46.5 Å². The van der Waals surface area contributed by atoms with Crippen molar-refractivity contribution in [1.29, 1.82) is 0 Å². The average Bonchev–Trinajstić information content (AvgIpc) is 2.78. The molecule has 174 valence electrons. The van der Waals surface area contributed by atoms with E-state index in [1.807, 2.05) is 48.5 Å². The number of aromatic hydroxyl groups is 2. The maximum absolute atomic E-state index is 11.0. The van der Waals surface area contributed by atoms with Gasteiger partial charge in [-0.05, 0) is 70.0 Å². The second kappa shape index (κ2) is 8.60. The lowest BCUT2D eigenvalue weighted by Gasteiger charge is -2.23. The Morgan fingerprint density at radius 2 is 1.18 bits per heavy atom. The molecule has 0 atom stereocenters. The fraction of sp³-hybridized carbons (Fsp3) is 0.267. The molecular formula is C30H32N2O2. The molecule has 4 heteroatoms. The number of hydrogen-bond acceptors (Lipinski definition) is 4. The van der Waals surface area contributed by atoms with Crippen molar-refractivity contribution in [3.05, 3.63) is 84.2 Å². The second-order valence-corrected chi connectivity index (χ2v) is 10.8. The molecule has 0 saturated heterocycles. The van der Waals surface area contributed by atoms with E-state index in [0.29, 0.717) is 22.5 Å². The Balaban J connectivity index is 2.10. The van der Waals surface area contributed by atoms with Crippen LogP contribution in [0.25, 0.3) is 33.6 Å². The summed E-state index contributed by atoms with van der Waals surface area (Å²) in [5, 5.41) is 22.0. The SMILES string of the molecule is CC(C)(C)c1ccc(O)c(-c2ccnc(-c3ccccn3)c2-c2cc(C(C)(C)C)ccc2O)c1. The third-order valence-electron chi connectivity index (χ3n) is 6.14. The average molecular weight is 453 g/mol. The summed E-state index contributed by atoms with van der Waals surface area (Å²) >= 11 is 0. The highest BCUT2D eigenvalue weighted by atomic mass is 16.3. The van der Waals surface area contributed by atoms with Gasteiger partial charge in [0.2, 0.25) is 0 Å². The van der Waals surface area contributed by atoms with Crippen LogP contribution in [0.4, 0.5) is 0 Å². The summed E-state index contributed by atoms with van der Waals surface area (Å²) in [6, 6.07) is 19.0. The van der Waals surface area contributed by atoms with Crippen molar-refractivity contribution in [2.75, 3.05) is 0 Å². The van der Waals surface area contributed by atoms with E-state index in [0.717, 1.165) is 22.3 Å². The van der Waals surface area contributed by atoms with E-state index in [9.17, 15) is 10.2 Å².